The molecule has 1 aliphatic rings. The molecule has 0 atom stereocenters. The molecular weight excluding hydrogens is 477 g/mol. The van der Waals surface area contributed by atoms with Crippen molar-refractivity contribution >= 4 is 28.5 Å². The lowest BCUT2D eigenvalue weighted by molar-refractivity contribution is 0.331. The lowest BCUT2D eigenvalue weighted by Crippen LogP contribution is -2.26. The van der Waals surface area contributed by atoms with Gasteiger partial charge in [0.05, 0.1) is 21.6 Å². The molecule has 0 radical (unpaired) electrons. The number of hydrogen-bond donors (Lipinski definition) is 2. The first kappa shape index (κ1) is 23.9. The van der Waals surface area contributed by atoms with Gasteiger partial charge in [-0.05, 0) is 68.2 Å². The fourth-order valence-electron chi connectivity index (χ4n) is 5.08. The molecule has 0 amide bonds. The van der Waals surface area contributed by atoms with Gasteiger partial charge >= 0.3 is 0 Å². The highest BCUT2D eigenvalue weighted by atomic mass is 19.1. The molecule has 2 N–H and O–H groups in total. The molecule has 4 aromatic heterocycles. The SMILES string of the molecule is C=C(/C(F)=c1/c(-c2nc3c(-c4ccncc4)cccc3[nH]2)n[nH]/c1=C/C)c1cncc(CN2CCCC2)c1. The predicted molar refractivity (Wildman–Crippen MR) is 149 cm³/mol. The number of likely N-dealkylation sites (tertiary alicyclic amines) is 1. The standard InChI is InChI=1S/C30H28FN7/c1-3-24-26(27(31)19(2)22-15-20(16-33-17-22)18-38-13-4-5-14-38)29(37-36-24)30-34-25-8-6-7-23(28(25)35-30)21-9-11-32-12-10-21/h3,6-12,15-17,36H,2,4-5,13-14,18H2,1H3,(H,34,35)/b24-3+,27-26-. The van der Waals surface area contributed by atoms with Crippen LogP contribution in [-0.2, 0) is 6.54 Å². The Labute approximate surface area is 219 Å². The first-order chi connectivity index (χ1) is 18.6. The lowest BCUT2D eigenvalue weighted by atomic mass is 10.0. The van der Waals surface area contributed by atoms with E-state index in [1.807, 2.05) is 49.5 Å². The molecule has 0 aliphatic carbocycles. The third-order valence-corrected chi connectivity index (χ3v) is 7.04. The zero-order chi connectivity index (χ0) is 26.1. The third kappa shape index (κ3) is 4.43. The van der Waals surface area contributed by atoms with Crippen molar-refractivity contribution in [3.63, 3.8) is 0 Å². The van der Waals surface area contributed by atoms with Gasteiger partial charge in [0.2, 0.25) is 0 Å². The smallest absolute Gasteiger partial charge is 0.159 e. The number of nitrogens with zero attached hydrogens (tertiary/aromatic N) is 5. The minimum absolute atomic E-state index is 0.264. The van der Waals surface area contributed by atoms with Crippen LogP contribution in [0.15, 0.2) is 67.8 Å². The predicted octanol–water partition coefficient (Wildman–Crippen LogP) is 4.60. The van der Waals surface area contributed by atoms with Crippen molar-refractivity contribution in [3.05, 3.63) is 89.5 Å². The van der Waals surface area contributed by atoms with E-state index in [9.17, 15) is 0 Å². The molecule has 5 aromatic rings. The quantitative estimate of drug-likeness (QED) is 0.352. The second kappa shape index (κ2) is 10.1. The maximum absolute atomic E-state index is 16.2. The van der Waals surface area contributed by atoms with Gasteiger partial charge in [-0.2, -0.15) is 5.10 Å². The van der Waals surface area contributed by atoms with E-state index in [-0.39, 0.29) is 5.57 Å². The second-order valence-electron chi connectivity index (χ2n) is 9.53. The molecule has 0 saturated carbocycles. The van der Waals surface area contributed by atoms with E-state index in [0.29, 0.717) is 27.6 Å². The Bertz CT molecular complexity index is 1740. The number of nitrogens with one attached hydrogen (secondary N) is 2. The van der Waals surface area contributed by atoms with Crippen LogP contribution in [-0.4, -0.2) is 48.1 Å². The number of halogens is 1. The van der Waals surface area contributed by atoms with Gasteiger partial charge in [0.1, 0.15) is 11.5 Å². The van der Waals surface area contributed by atoms with Gasteiger partial charge in [-0.1, -0.05) is 24.8 Å². The van der Waals surface area contributed by atoms with Crippen LogP contribution in [0.3, 0.4) is 0 Å². The van der Waals surface area contributed by atoms with E-state index in [0.717, 1.165) is 47.4 Å². The molecule has 1 aromatic carbocycles. The van der Waals surface area contributed by atoms with Crippen molar-refractivity contribution in [2.75, 3.05) is 13.1 Å². The molecule has 1 aliphatic heterocycles. The lowest BCUT2D eigenvalue weighted by Gasteiger charge is -2.15. The summed E-state index contributed by atoms with van der Waals surface area (Å²) in [5.74, 6) is 0.0153. The Morgan fingerprint density at radius 2 is 1.92 bits per heavy atom. The van der Waals surface area contributed by atoms with Crippen LogP contribution in [0.4, 0.5) is 4.39 Å². The Morgan fingerprint density at radius 1 is 1.11 bits per heavy atom. The highest BCUT2D eigenvalue weighted by molar-refractivity contribution is 5.95. The van der Waals surface area contributed by atoms with E-state index in [1.165, 1.54) is 12.8 Å². The highest BCUT2D eigenvalue weighted by Gasteiger charge is 2.19. The number of allylic oxidation sites excluding steroid dienone is 1. The summed E-state index contributed by atoms with van der Waals surface area (Å²) in [4.78, 5) is 19.1. The van der Waals surface area contributed by atoms with Crippen LogP contribution >= 0.6 is 0 Å². The average molecular weight is 506 g/mol. The highest BCUT2D eigenvalue weighted by Crippen LogP contribution is 2.29. The fraction of sp³-hybridized carbons (Fsp3) is 0.200. The maximum Gasteiger partial charge on any atom is 0.159 e. The molecule has 5 heterocycles. The number of para-hydroxylation sites is 1. The van der Waals surface area contributed by atoms with Crippen LogP contribution in [0.25, 0.3) is 51.2 Å². The van der Waals surface area contributed by atoms with E-state index in [2.05, 4.69) is 36.6 Å². The molecule has 8 heteroatoms. The summed E-state index contributed by atoms with van der Waals surface area (Å²) >= 11 is 0. The molecule has 1 fully saturated rings. The monoisotopic (exact) mass is 505 g/mol. The summed E-state index contributed by atoms with van der Waals surface area (Å²) < 4.78 is 16.2. The van der Waals surface area contributed by atoms with E-state index >= 15 is 4.39 Å². The molecule has 38 heavy (non-hydrogen) atoms. The molecule has 6 rings (SSSR count). The molecule has 0 spiro atoms. The Balaban J connectivity index is 1.43. The summed E-state index contributed by atoms with van der Waals surface area (Å²) in [6.45, 7) is 8.92. The number of fused-ring (bicyclic) bond motifs is 1. The van der Waals surface area contributed by atoms with Crippen LogP contribution in [0.1, 0.15) is 30.9 Å². The van der Waals surface area contributed by atoms with Crippen LogP contribution in [0.5, 0.6) is 0 Å². The Morgan fingerprint density at radius 3 is 2.71 bits per heavy atom. The summed E-state index contributed by atoms with van der Waals surface area (Å²) in [5, 5.41) is 8.31. The molecule has 190 valence electrons. The molecule has 0 bridgehead atoms. The van der Waals surface area contributed by atoms with Gasteiger partial charge in [-0.25, -0.2) is 9.37 Å². The average Bonchev–Trinajstić information content (AvgIpc) is 3.72. The fourth-order valence-corrected chi connectivity index (χ4v) is 5.08. The first-order valence-corrected chi connectivity index (χ1v) is 12.8. The number of aromatic nitrogens is 6. The van der Waals surface area contributed by atoms with Crippen LogP contribution in [0.2, 0.25) is 0 Å². The second-order valence-corrected chi connectivity index (χ2v) is 9.53. The largest absolute Gasteiger partial charge is 0.337 e. The Kier molecular flexibility index (Phi) is 6.39. The number of pyridine rings is 2. The maximum atomic E-state index is 16.2. The van der Waals surface area contributed by atoms with Crippen molar-refractivity contribution in [1.82, 2.24) is 35.0 Å². The van der Waals surface area contributed by atoms with E-state index < -0.39 is 5.83 Å². The van der Waals surface area contributed by atoms with Gasteiger partial charge in [0.15, 0.2) is 5.82 Å². The number of H-pyrrole nitrogens is 2. The molecular formula is C30H28FN7. The summed E-state index contributed by atoms with van der Waals surface area (Å²) in [6, 6.07) is 11.8. The normalized spacial score (nSPS) is 15.4. The summed E-state index contributed by atoms with van der Waals surface area (Å²) in [5.41, 5.74) is 5.94. The van der Waals surface area contributed by atoms with Gasteiger partial charge < -0.3 is 4.98 Å². The third-order valence-electron chi connectivity index (χ3n) is 7.04. The van der Waals surface area contributed by atoms with Crippen LogP contribution in [0, 0.1) is 0 Å². The first-order valence-electron chi connectivity index (χ1n) is 12.8. The van der Waals surface area contributed by atoms with Gasteiger partial charge in [-0.3, -0.25) is 20.0 Å². The van der Waals surface area contributed by atoms with Gasteiger partial charge in [0, 0.05) is 48.0 Å². The van der Waals surface area contributed by atoms with Crippen molar-refractivity contribution in [2.24, 2.45) is 0 Å². The Hall–Kier alpha value is -4.43. The van der Waals surface area contributed by atoms with Crippen molar-refractivity contribution in [2.45, 2.75) is 26.3 Å². The number of benzene rings is 1. The zero-order valence-corrected chi connectivity index (χ0v) is 21.2. The van der Waals surface area contributed by atoms with Crippen molar-refractivity contribution < 1.29 is 4.39 Å². The minimum Gasteiger partial charge on any atom is -0.337 e. The summed E-state index contributed by atoms with van der Waals surface area (Å²) in [7, 11) is 0. The van der Waals surface area contributed by atoms with Crippen molar-refractivity contribution in [3.8, 4) is 22.6 Å². The topological polar surface area (TPSA) is 86.4 Å². The number of imidazole rings is 1. The van der Waals surface area contributed by atoms with Crippen molar-refractivity contribution in [1.29, 1.82) is 0 Å². The van der Waals surface area contributed by atoms with E-state index in [1.54, 1.807) is 24.7 Å². The number of hydrogen-bond acceptors (Lipinski definition) is 5. The minimum atomic E-state index is -0.461. The van der Waals surface area contributed by atoms with Gasteiger partial charge in [-0.15, -0.1) is 0 Å². The number of rotatable bonds is 6. The molecule has 7 nitrogen and oxygen atoms in total. The zero-order valence-electron chi connectivity index (χ0n) is 21.2. The summed E-state index contributed by atoms with van der Waals surface area (Å²) in [6.07, 6.45) is 11.2. The van der Waals surface area contributed by atoms with Crippen LogP contribution < -0.4 is 10.6 Å². The molecule has 1 saturated heterocycles. The molecule has 0 unspecified atom stereocenters. The number of aromatic amines is 2. The van der Waals surface area contributed by atoms with Gasteiger partial charge in [0.25, 0.3) is 0 Å². The van der Waals surface area contributed by atoms with E-state index in [4.69, 9.17) is 4.98 Å².